The van der Waals surface area contributed by atoms with Crippen LogP contribution in [0.4, 0.5) is 0 Å². The third-order valence-electron chi connectivity index (χ3n) is 4.32. The first-order valence-electron chi connectivity index (χ1n) is 10.1. The third-order valence-corrected chi connectivity index (χ3v) is 5.19. The second kappa shape index (κ2) is 13.6. The molecular formula is C22H32N4O3S. The molecule has 0 atom stereocenters. The Morgan fingerprint density at radius 1 is 1.10 bits per heavy atom. The maximum Gasteiger partial charge on any atom is 0.261 e. The zero-order valence-electron chi connectivity index (χ0n) is 18.0. The summed E-state index contributed by atoms with van der Waals surface area (Å²) in [5, 5.41) is 11.4. The number of benzene rings is 1. The van der Waals surface area contributed by atoms with Crippen molar-refractivity contribution in [2.24, 2.45) is 4.99 Å². The summed E-state index contributed by atoms with van der Waals surface area (Å²) < 4.78 is 11.0. The molecule has 2 aromatic rings. The molecule has 1 aromatic carbocycles. The number of aryl methyl sites for hydroxylation is 1. The quantitative estimate of drug-likeness (QED) is 0.273. The van der Waals surface area contributed by atoms with Crippen LogP contribution >= 0.6 is 11.3 Å². The number of guanidine groups is 1. The van der Waals surface area contributed by atoms with Crippen molar-refractivity contribution in [3.05, 3.63) is 51.7 Å². The van der Waals surface area contributed by atoms with E-state index in [1.165, 1.54) is 11.3 Å². The molecule has 8 heteroatoms. The fourth-order valence-electron chi connectivity index (χ4n) is 2.72. The van der Waals surface area contributed by atoms with Gasteiger partial charge < -0.3 is 25.4 Å². The maximum atomic E-state index is 11.9. The number of carbonyl (C=O) groups excluding carboxylic acids is 1. The largest absolute Gasteiger partial charge is 0.493 e. The van der Waals surface area contributed by atoms with Crippen molar-refractivity contribution >= 4 is 23.2 Å². The number of rotatable bonds is 12. The van der Waals surface area contributed by atoms with E-state index in [4.69, 9.17) is 9.47 Å². The number of nitrogens with one attached hydrogen (secondary N) is 3. The molecule has 0 aliphatic carbocycles. The Labute approximate surface area is 182 Å². The van der Waals surface area contributed by atoms with Crippen molar-refractivity contribution in [2.45, 2.75) is 26.3 Å². The van der Waals surface area contributed by atoms with E-state index in [1.807, 2.05) is 17.5 Å². The van der Waals surface area contributed by atoms with Gasteiger partial charge in [0.05, 0.1) is 11.5 Å². The monoisotopic (exact) mass is 432 g/mol. The highest BCUT2D eigenvalue weighted by atomic mass is 32.1. The lowest BCUT2D eigenvalue weighted by atomic mass is 10.1. The summed E-state index contributed by atoms with van der Waals surface area (Å²) in [5.41, 5.74) is 2.23. The van der Waals surface area contributed by atoms with Gasteiger partial charge in [-0.2, -0.15) is 0 Å². The van der Waals surface area contributed by atoms with Gasteiger partial charge in [0.15, 0.2) is 5.96 Å². The molecule has 0 aliphatic heterocycles. The number of methoxy groups -OCH3 is 1. The minimum Gasteiger partial charge on any atom is -0.493 e. The van der Waals surface area contributed by atoms with E-state index < -0.39 is 0 Å². The van der Waals surface area contributed by atoms with Crippen molar-refractivity contribution in [1.82, 2.24) is 16.0 Å². The van der Waals surface area contributed by atoms with E-state index >= 15 is 0 Å². The average molecular weight is 433 g/mol. The number of carbonyl (C=O) groups is 1. The first-order chi connectivity index (χ1) is 14.6. The summed E-state index contributed by atoms with van der Waals surface area (Å²) in [6.07, 6.45) is 1.65. The molecule has 164 valence electrons. The zero-order valence-corrected chi connectivity index (χ0v) is 18.8. The van der Waals surface area contributed by atoms with Gasteiger partial charge >= 0.3 is 0 Å². The van der Waals surface area contributed by atoms with Crippen molar-refractivity contribution in [2.75, 3.05) is 40.5 Å². The topological polar surface area (TPSA) is 84.0 Å². The molecule has 30 heavy (non-hydrogen) atoms. The SMILES string of the molecule is CN=C(NCCCNC(=O)c1cccs1)NCc1ccc(C)cc1OCCCOC. The van der Waals surface area contributed by atoms with Gasteiger partial charge in [0.25, 0.3) is 5.91 Å². The van der Waals surface area contributed by atoms with Crippen LogP contribution < -0.4 is 20.7 Å². The van der Waals surface area contributed by atoms with Gasteiger partial charge in [-0.3, -0.25) is 9.79 Å². The Morgan fingerprint density at radius 3 is 2.67 bits per heavy atom. The molecule has 1 amide bonds. The van der Waals surface area contributed by atoms with Gasteiger partial charge in [0.1, 0.15) is 5.75 Å². The fourth-order valence-corrected chi connectivity index (χ4v) is 3.36. The van der Waals surface area contributed by atoms with Crippen LogP contribution in [-0.2, 0) is 11.3 Å². The second-order valence-corrected chi connectivity index (χ2v) is 7.69. The van der Waals surface area contributed by atoms with Gasteiger partial charge in [-0.25, -0.2) is 0 Å². The Kier molecular flexibility index (Phi) is 10.7. The van der Waals surface area contributed by atoms with E-state index in [-0.39, 0.29) is 5.91 Å². The molecule has 0 saturated heterocycles. The summed E-state index contributed by atoms with van der Waals surface area (Å²) in [4.78, 5) is 16.9. The Bertz CT molecular complexity index is 794. The predicted molar refractivity (Wildman–Crippen MR) is 123 cm³/mol. The number of nitrogens with zero attached hydrogens (tertiary/aromatic N) is 1. The number of hydrogen-bond acceptors (Lipinski definition) is 5. The summed E-state index contributed by atoms with van der Waals surface area (Å²) in [6.45, 7) is 5.28. The van der Waals surface area contributed by atoms with Crippen LogP contribution in [0.2, 0.25) is 0 Å². The van der Waals surface area contributed by atoms with Gasteiger partial charge in [-0.05, 0) is 36.4 Å². The average Bonchev–Trinajstić information content (AvgIpc) is 3.29. The second-order valence-electron chi connectivity index (χ2n) is 6.75. The van der Waals surface area contributed by atoms with Gasteiger partial charge in [0.2, 0.25) is 0 Å². The Balaban J connectivity index is 1.72. The molecule has 0 saturated carbocycles. The highest BCUT2D eigenvalue weighted by Gasteiger charge is 2.07. The van der Waals surface area contributed by atoms with E-state index in [1.54, 1.807) is 14.2 Å². The van der Waals surface area contributed by atoms with E-state index in [9.17, 15) is 4.79 Å². The minimum absolute atomic E-state index is 0.0232. The third kappa shape index (κ3) is 8.42. The molecule has 1 aromatic heterocycles. The summed E-state index contributed by atoms with van der Waals surface area (Å²) in [7, 11) is 3.43. The lowest BCUT2D eigenvalue weighted by Gasteiger charge is -2.15. The van der Waals surface area contributed by atoms with Crippen molar-refractivity contribution in [3.8, 4) is 5.75 Å². The van der Waals surface area contributed by atoms with Crippen LogP contribution in [0, 0.1) is 6.92 Å². The number of ether oxygens (including phenoxy) is 2. The van der Waals surface area contributed by atoms with Crippen LogP contribution in [0.15, 0.2) is 40.7 Å². The zero-order chi connectivity index (χ0) is 21.6. The highest BCUT2D eigenvalue weighted by Crippen LogP contribution is 2.20. The lowest BCUT2D eigenvalue weighted by molar-refractivity contribution is 0.0957. The van der Waals surface area contributed by atoms with E-state index in [0.29, 0.717) is 38.8 Å². The molecule has 2 rings (SSSR count). The van der Waals surface area contributed by atoms with Crippen LogP contribution in [0.25, 0.3) is 0 Å². The molecule has 0 bridgehead atoms. The molecule has 3 N–H and O–H groups in total. The molecule has 0 spiro atoms. The predicted octanol–water partition coefficient (Wildman–Crippen LogP) is 2.96. The lowest BCUT2D eigenvalue weighted by Crippen LogP contribution is -2.38. The van der Waals surface area contributed by atoms with Crippen LogP contribution in [-0.4, -0.2) is 52.3 Å². The van der Waals surface area contributed by atoms with Crippen molar-refractivity contribution < 1.29 is 14.3 Å². The van der Waals surface area contributed by atoms with E-state index in [0.717, 1.165) is 34.6 Å². The number of amides is 1. The summed E-state index contributed by atoms with van der Waals surface area (Å²) in [5.74, 6) is 1.57. The smallest absolute Gasteiger partial charge is 0.261 e. The molecule has 0 fully saturated rings. The normalized spacial score (nSPS) is 11.2. The minimum atomic E-state index is -0.0232. The Hall–Kier alpha value is -2.58. The standard InChI is InChI=1S/C22H32N4O3S/c1-17-8-9-18(19(15-17)29-13-6-12-28-3)16-26-22(23-2)25-11-5-10-24-21(27)20-7-4-14-30-20/h4,7-9,14-15H,5-6,10-13,16H2,1-3H3,(H,24,27)(H2,23,25,26). The van der Waals surface area contributed by atoms with Crippen molar-refractivity contribution in [3.63, 3.8) is 0 Å². The molecule has 1 heterocycles. The highest BCUT2D eigenvalue weighted by molar-refractivity contribution is 7.12. The number of aliphatic imine (C=N–C) groups is 1. The molecule has 0 unspecified atom stereocenters. The Morgan fingerprint density at radius 2 is 1.93 bits per heavy atom. The van der Waals surface area contributed by atoms with Gasteiger partial charge in [-0.15, -0.1) is 11.3 Å². The molecule has 0 radical (unpaired) electrons. The summed E-state index contributed by atoms with van der Waals surface area (Å²) >= 11 is 1.44. The van der Waals surface area contributed by atoms with Gasteiger partial charge in [-0.1, -0.05) is 18.2 Å². The van der Waals surface area contributed by atoms with E-state index in [2.05, 4.69) is 46.1 Å². The number of thiophene rings is 1. The van der Waals surface area contributed by atoms with Crippen LogP contribution in [0.1, 0.15) is 33.6 Å². The van der Waals surface area contributed by atoms with Gasteiger partial charge in [0, 0.05) is 52.4 Å². The van der Waals surface area contributed by atoms with Crippen LogP contribution in [0.3, 0.4) is 0 Å². The first kappa shape index (κ1) is 23.7. The van der Waals surface area contributed by atoms with Crippen molar-refractivity contribution in [1.29, 1.82) is 0 Å². The maximum absolute atomic E-state index is 11.9. The van der Waals surface area contributed by atoms with Crippen LogP contribution in [0.5, 0.6) is 5.75 Å². The molecule has 7 nitrogen and oxygen atoms in total. The number of hydrogen-bond donors (Lipinski definition) is 3. The molecule has 0 aliphatic rings. The molecular weight excluding hydrogens is 400 g/mol. The fraction of sp³-hybridized carbons (Fsp3) is 0.455. The summed E-state index contributed by atoms with van der Waals surface area (Å²) in [6, 6.07) is 9.90. The first-order valence-corrected chi connectivity index (χ1v) is 11.0.